The highest BCUT2D eigenvalue weighted by Crippen LogP contribution is 2.03. The highest BCUT2D eigenvalue weighted by Gasteiger charge is 2.11. The number of anilines is 1. The van der Waals surface area contributed by atoms with Crippen molar-refractivity contribution in [3.8, 4) is 0 Å². The first-order chi connectivity index (χ1) is 10.5. The van der Waals surface area contributed by atoms with E-state index in [0.717, 1.165) is 0 Å². The van der Waals surface area contributed by atoms with Crippen molar-refractivity contribution in [3.63, 3.8) is 0 Å². The number of nitrogens with two attached hydrogens (primary N) is 1. The Balaban J connectivity index is 2.03. The summed E-state index contributed by atoms with van der Waals surface area (Å²) in [6.45, 7) is 0.316. The molecule has 2 heterocycles. The van der Waals surface area contributed by atoms with Gasteiger partial charge in [0.05, 0.1) is 6.20 Å². The summed E-state index contributed by atoms with van der Waals surface area (Å²) in [4.78, 5) is 47.7. The summed E-state index contributed by atoms with van der Waals surface area (Å²) in [6.07, 6.45) is 2.22. The van der Waals surface area contributed by atoms with Crippen molar-refractivity contribution in [1.82, 2.24) is 25.3 Å². The lowest BCUT2D eigenvalue weighted by Crippen LogP contribution is -2.26. The molecule has 1 amide bonds. The Bertz CT molecular complexity index is 772. The molecule has 0 aliphatic rings. The number of carboxylic acids is 1. The van der Waals surface area contributed by atoms with Gasteiger partial charge in [0.1, 0.15) is 5.69 Å². The standard InChI is InChI=1S/C12H14N6O4/c13-12-17-9-8(11(22)18-12)15-5-6(16-9)10(21)14-4-2-1-3-7(19)20/h5H,1-4H2,(H,14,21)(H,19,20)(H3,13,16,17,18,22). The number of aromatic nitrogens is 4. The molecule has 10 heteroatoms. The molecule has 10 nitrogen and oxygen atoms in total. The van der Waals surface area contributed by atoms with E-state index in [2.05, 4.69) is 25.3 Å². The van der Waals surface area contributed by atoms with Gasteiger partial charge in [-0.3, -0.25) is 19.4 Å². The van der Waals surface area contributed by atoms with Crippen LogP contribution in [0.2, 0.25) is 0 Å². The molecule has 22 heavy (non-hydrogen) atoms. The Hall–Kier alpha value is -3.04. The van der Waals surface area contributed by atoms with Crippen molar-refractivity contribution in [2.75, 3.05) is 12.3 Å². The van der Waals surface area contributed by atoms with E-state index in [4.69, 9.17) is 10.8 Å². The van der Waals surface area contributed by atoms with E-state index in [1.54, 1.807) is 0 Å². The molecule has 2 aromatic heterocycles. The lowest BCUT2D eigenvalue weighted by molar-refractivity contribution is -0.137. The first-order valence-electron chi connectivity index (χ1n) is 6.50. The largest absolute Gasteiger partial charge is 0.481 e. The predicted molar refractivity (Wildman–Crippen MR) is 76.2 cm³/mol. The number of carbonyl (C=O) groups excluding carboxylic acids is 1. The number of aliphatic carboxylic acids is 1. The van der Waals surface area contributed by atoms with Crippen molar-refractivity contribution in [2.45, 2.75) is 19.3 Å². The minimum absolute atomic E-state index is 0.00299. The van der Waals surface area contributed by atoms with Crippen LogP contribution in [0.1, 0.15) is 29.8 Å². The number of aromatic amines is 1. The van der Waals surface area contributed by atoms with Crippen LogP contribution in [0.25, 0.3) is 11.2 Å². The monoisotopic (exact) mass is 306 g/mol. The number of nitrogens with zero attached hydrogens (tertiary/aromatic N) is 3. The smallest absolute Gasteiger partial charge is 0.303 e. The highest BCUT2D eigenvalue weighted by molar-refractivity contribution is 5.93. The number of rotatable bonds is 6. The minimum atomic E-state index is -0.874. The number of nitrogen functional groups attached to an aromatic ring is 1. The summed E-state index contributed by atoms with van der Waals surface area (Å²) in [7, 11) is 0. The maximum atomic E-state index is 11.9. The second-order valence-corrected chi connectivity index (χ2v) is 4.49. The van der Waals surface area contributed by atoms with Gasteiger partial charge in [0, 0.05) is 13.0 Å². The third kappa shape index (κ3) is 3.75. The Morgan fingerprint density at radius 2 is 2.09 bits per heavy atom. The number of amides is 1. The van der Waals surface area contributed by atoms with E-state index in [1.165, 1.54) is 6.20 Å². The van der Waals surface area contributed by atoms with Crippen LogP contribution in [0.3, 0.4) is 0 Å². The van der Waals surface area contributed by atoms with E-state index >= 15 is 0 Å². The molecule has 0 aliphatic carbocycles. The van der Waals surface area contributed by atoms with Gasteiger partial charge in [0.15, 0.2) is 11.2 Å². The number of carboxylic acid groups (broad SMARTS) is 1. The Morgan fingerprint density at radius 1 is 1.32 bits per heavy atom. The molecule has 116 valence electrons. The Labute approximate surface area is 123 Å². The van der Waals surface area contributed by atoms with E-state index in [0.29, 0.717) is 19.4 Å². The molecule has 0 radical (unpaired) electrons. The molecule has 5 N–H and O–H groups in total. The van der Waals surface area contributed by atoms with Gasteiger partial charge < -0.3 is 16.2 Å². The molecule has 0 aliphatic heterocycles. The van der Waals surface area contributed by atoms with E-state index in [9.17, 15) is 14.4 Å². The molecule has 2 aromatic rings. The number of hydrogen-bond donors (Lipinski definition) is 4. The zero-order chi connectivity index (χ0) is 16.1. The summed E-state index contributed by atoms with van der Waals surface area (Å²) in [5.74, 6) is -1.47. The molecule has 0 aromatic carbocycles. The van der Waals surface area contributed by atoms with E-state index in [1.807, 2.05) is 0 Å². The van der Waals surface area contributed by atoms with Crippen LogP contribution in [-0.4, -0.2) is 43.5 Å². The second kappa shape index (κ2) is 6.61. The average Bonchev–Trinajstić information content (AvgIpc) is 2.45. The number of hydrogen-bond acceptors (Lipinski definition) is 7. The number of fused-ring (bicyclic) bond motifs is 1. The van der Waals surface area contributed by atoms with Gasteiger partial charge in [-0.15, -0.1) is 0 Å². The predicted octanol–water partition coefficient (Wildman–Crippen LogP) is -0.720. The topological polar surface area (TPSA) is 164 Å². The van der Waals surface area contributed by atoms with Gasteiger partial charge in [-0.2, -0.15) is 4.98 Å². The fourth-order valence-electron chi connectivity index (χ4n) is 1.74. The lowest BCUT2D eigenvalue weighted by atomic mass is 10.2. The summed E-state index contributed by atoms with van der Waals surface area (Å²) in [5.41, 5.74) is 4.86. The summed E-state index contributed by atoms with van der Waals surface area (Å²) in [6, 6.07) is 0. The summed E-state index contributed by atoms with van der Waals surface area (Å²) >= 11 is 0. The molecular weight excluding hydrogens is 292 g/mol. The lowest BCUT2D eigenvalue weighted by Gasteiger charge is -2.04. The van der Waals surface area contributed by atoms with Crippen molar-refractivity contribution in [3.05, 3.63) is 22.2 Å². The second-order valence-electron chi connectivity index (χ2n) is 4.49. The number of H-pyrrole nitrogens is 1. The fraction of sp³-hybridized carbons (Fsp3) is 0.333. The van der Waals surface area contributed by atoms with Crippen molar-refractivity contribution in [1.29, 1.82) is 0 Å². The first kappa shape index (κ1) is 15.4. The van der Waals surface area contributed by atoms with Crippen molar-refractivity contribution in [2.24, 2.45) is 0 Å². The van der Waals surface area contributed by atoms with Gasteiger partial charge in [-0.25, -0.2) is 9.97 Å². The van der Waals surface area contributed by atoms with Crippen LogP contribution in [-0.2, 0) is 4.79 Å². The van der Waals surface area contributed by atoms with Gasteiger partial charge in [-0.05, 0) is 12.8 Å². The van der Waals surface area contributed by atoms with Gasteiger partial charge in [0.25, 0.3) is 11.5 Å². The average molecular weight is 306 g/mol. The Kier molecular flexibility index (Phi) is 4.61. The summed E-state index contributed by atoms with van der Waals surface area (Å²) < 4.78 is 0. The SMILES string of the molecule is Nc1nc2nc(C(=O)NCCCCC(=O)O)cnc2c(=O)[nH]1. The molecule has 0 unspecified atom stereocenters. The van der Waals surface area contributed by atoms with Crippen LogP contribution in [0, 0.1) is 0 Å². The molecule has 0 fully saturated rings. The van der Waals surface area contributed by atoms with E-state index in [-0.39, 0.29) is 29.2 Å². The Morgan fingerprint density at radius 3 is 2.82 bits per heavy atom. The maximum absolute atomic E-state index is 11.9. The molecule has 0 saturated carbocycles. The molecule has 0 atom stereocenters. The molecule has 2 rings (SSSR count). The van der Waals surface area contributed by atoms with Crippen molar-refractivity contribution >= 4 is 29.0 Å². The number of nitrogens with one attached hydrogen (secondary N) is 2. The third-order valence-corrected chi connectivity index (χ3v) is 2.77. The zero-order valence-electron chi connectivity index (χ0n) is 11.5. The van der Waals surface area contributed by atoms with Gasteiger partial charge in [-0.1, -0.05) is 0 Å². The summed E-state index contributed by atoms with van der Waals surface area (Å²) in [5, 5.41) is 11.1. The number of carbonyl (C=O) groups is 2. The quantitative estimate of drug-likeness (QED) is 0.508. The minimum Gasteiger partial charge on any atom is -0.481 e. The zero-order valence-corrected chi connectivity index (χ0v) is 11.5. The van der Waals surface area contributed by atoms with Gasteiger partial charge >= 0.3 is 5.97 Å². The molecule has 0 bridgehead atoms. The highest BCUT2D eigenvalue weighted by atomic mass is 16.4. The molecule has 0 spiro atoms. The maximum Gasteiger partial charge on any atom is 0.303 e. The van der Waals surface area contributed by atoms with Gasteiger partial charge in [0.2, 0.25) is 5.95 Å². The first-order valence-corrected chi connectivity index (χ1v) is 6.50. The molecular formula is C12H14N6O4. The normalized spacial score (nSPS) is 10.5. The van der Waals surface area contributed by atoms with Crippen LogP contribution >= 0.6 is 0 Å². The van der Waals surface area contributed by atoms with Crippen molar-refractivity contribution < 1.29 is 14.7 Å². The third-order valence-electron chi connectivity index (χ3n) is 2.77. The fourth-order valence-corrected chi connectivity index (χ4v) is 1.74. The van der Waals surface area contributed by atoms with E-state index < -0.39 is 17.4 Å². The van der Waals surface area contributed by atoms with Crippen LogP contribution in [0.5, 0.6) is 0 Å². The van der Waals surface area contributed by atoms with Crippen LogP contribution in [0.4, 0.5) is 5.95 Å². The molecule has 0 saturated heterocycles. The van der Waals surface area contributed by atoms with Crippen LogP contribution in [0.15, 0.2) is 11.0 Å². The number of unbranched alkanes of at least 4 members (excludes halogenated alkanes) is 1. The van der Waals surface area contributed by atoms with Crippen LogP contribution < -0.4 is 16.6 Å².